The molecule has 5 rings (SSSR count). The number of aliphatic hydroxyl groups is 3. The standard InChI is InChI=1S/C34H48O4/c1-5-7-24-18-32(38-21-24)34(16-17-34)31(37)14-9-22(2)28-12-13-29-25(8-6-15-33(28,29)4)10-11-26-19-27(35)20-30(36)23(26)3/h9-11,14,18,21-22,27-31,35-37H,3,5-8,12-13,15-17,19-20H2,1-2,4H3/t22-,27-,28-,29+,30+,31+,33-/m1/s1. The number of aliphatic hydroxyl groups excluding tert-OH is 3. The maximum atomic E-state index is 11.2. The molecule has 38 heavy (non-hydrogen) atoms. The van der Waals surface area contributed by atoms with Gasteiger partial charge >= 0.3 is 0 Å². The number of aryl methyl sites for hydroxylation is 1. The van der Waals surface area contributed by atoms with Gasteiger partial charge in [0.2, 0.25) is 0 Å². The molecule has 4 fully saturated rings. The van der Waals surface area contributed by atoms with Gasteiger partial charge in [0.15, 0.2) is 0 Å². The van der Waals surface area contributed by atoms with Gasteiger partial charge in [-0.25, -0.2) is 0 Å². The summed E-state index contributed by atoms with van der Waals surface area (Å²) in [6, 6.07) is 2.16. The first-order chi connectivity index (χ1) is 18.2. The Hall–Kier alpha value is -1.88. The van der Waals surface area contributed by atoms with Crippen LogP contribution in [0.1, 0.15) is 96.3 Å². The lowest BCUT2D eigenvalue weighted by Crippen LogP contribution is -2.35. The van der Waals surface area contributed by atoms with E-state index in [2.05, 4.69) is 57.7 Å². The molecule has 3 N–H and O–H groups in total. The van der Waals surface area contributed by atoms with Crippen LogP contribution in [0.2, 0.25) is 0 Å². The molecule has 0 unspecified atom stereocenters. The van der Waals surface area contributed by atoms with Crippen LogP contribution in [0.15, 0.2) is 64.3 Å². The SMILES string of the molecule is C=C1C(=CC=C2CCC[C@]3(C)[C@@H]([C@H](C)C=C[C@H](O)C4(c5cc(CCC)co5)CC4)CC[C@@H]23)C[C@@H](O)C[C@@H]1O. The smallest absolute Gasteiger partial charge is 0.113 e. The lowest BCUT2D eigenvalue weighted by atomic mass is 9.61. The normalized spacial score (nSPS) is 36.6. The maximum absolute atomic E-state index is 11.2. The molecule has 1 aromatic heterocycles. The highest BCUT2D eigenvalue weighted by molar-refractivity contribution is 5.39. The molecule has 4 heteroatoms. The first kappa shape index (κ1) is 27.7. The van der Waals surface area contributed by atoms with Gasteiger partial charge in [0.1, 0.15) is 5.76 Å². The zero-order valence-corrected chi connectivity index (χ0v) is 23.7. The van der Waals surface area contributed by atoms with Gasteiger partial charge in [-0.15, -0.1) is 0 Å². The van der Waals surface area contributed by atoms with E-state index in [0.29, 0.717) is 30.6 Å². The fourth-order valence-electron chi connectivity index (χ4n) is 8.09. The highest BCUT2D eigenvalue weighted by Crippen LogP contribution is 2.60. The van der Waals surface area contributed by atoms with Crippen molar-refractivity contribution in [3.05, 3.63) is 71.3 Å². The van der Waals surface area contributed by atoms with Gasteiger partial charge < -0.3 is 19.7 Å². The number of hydrogen-bond acceptors (Lipinski definition) is 4. The second-order valence-electron chi connectivity index (χ2n) is 13.1. The number of rotatable bonds is 8. The first-order valence-corrected chi connectivity index (χ1v) is 15.1. The van der Waals surface area contributed by atoms with E-state index in [1.54, 1.807) is 0 Å². The molecule has 0 saturated heterocycles. The Bertz CT molecular complexity index is 1100. The average Bonchev–Trinajstić information content (AvgIpc) is 3.42. The van der Waals surface area contributed by atoms with Gasteiger partial charge in [0.05, 0.1) is 30.0 Å². The predicted octanol–water partition coefficient (Wildman–Crippen LogP) is 6.96. The third-order valence-corrected chi connectivity index (χ3v) is 10.6. The maximum Gasteiger partial charge on any atom is 0.113 e. The van der Waals surface area contributed by atoms with E-state index in [1.165, 1.54) is 36.8 Å². The molecular weight excluding hydrogens is 472 g/mol. The zero-order valence-electron chi connectivity index (χ0n) is 23.7. The summed E-state index contributed by atoms with van der Waals surface area (Å²) in [6.45, 7) is 11.1. The molecular formula is C34H48O4. The third kappa shape index (κ3) is 5.17. The van der Waals surface area contributed by atoms with E-state index in [9.17, 15) is 15.3 Å². The second kappa shape index (κ2) is 10.9. The van der Waals surface area contributed by atoms with Gasteiger partial charge in [-0.1, -0.05) is 63.6 Å². The Morgan fingerprint density at radius 1 is 1.16 bits per heavy atom. The van der Waals surface area contributed by atoms with Crippen LogP contribution in [-0.2, 0) is 11.8 Å². The summed E-state index contributed by atoms with van der Waals surface area (Å²) in [6.07, 6.45) is 20.1. The molecule has 1 aromatic rings. The van der Waals surface area contributed by atoms with E-state index in [-0.39, 0.29) is 10.8 Å². The van der Waals surface area contributed by atoms with Crippen LogP contribution in [0.3, 0.4) is 0 Å². The van der Waals surface area contributed by atoms with Crippen LogP contribution in [0, 0.1) is 23.2 Å². The largest absolute Gasteiger partial charge is 0.468 e. The summed E-state index contributed by atoms with van der Waals surface area (Å²) in [5.41, 5.74) is 4.53. The second-order valence-corrected chi connectivity index (χ2v) is 13.1. The molecule has 4 saturated carbocycles. The van der Waals surface area contributed by atoms with E-state index >= 15 is 0 Å². The van der Waals surface area contributed by atoms with Crippen molar-refractivity contribution in [1.29, 1.82) is 0 Å². The van der Waals surface area contributed by atoms with Gasteiger partial charge in [-0.05, 0) is 104 Å². The van der Waals surface area contributed by atoms with Crippen molar-refractivity contribution in [1.82, 2.24) is 0 Å². The molecule has 1 heterocycles. The summed E-state index contributed by atoms with van der Waals surface area (Å²) in [7, 11) is 0. The predicted molar refractivity (Wildman–Crippen MR) is 153 cm³/mol. The van der Waals surface area contributed by atoms with Crippen molar-refractivity contribution in [2.24, 2.45) is 23.2 Å². The van der Waals surface area contributed by atoms with Gasteiger partial charge in [-0.3, -0.25) is 0 Å². The van der Waals surface area contributed by atoms with Crippen molar-refractivity contribution in [3.63, 3.8) is 0 Å². The molecule has 0 aliphatic heterocycles. The monoisotopic (exact) mass is 520 g/mol. The minimum atomic E-state index is -0.639. The fourth-order valence-corrected chi connectivity index (χ4v) is 8.09. The van der Waals surface area contributed by atoms with Gasteiger partial charge in [0.25, 0.3) is 0 Å². The highest BCUT2D eigenvalue weighted by atomic mass is 16.3. The zero-order chi connectivity index (χ0) is 27.1. The molecule has 208 valence electrons. The molecule has 4 aliphatic carbocycles. The summed E-state index contributed by atoms with van der Waals surface area (Å²) in [5, 5.41) is 31.6. The number of furan rings is 1. The average molecular weight is 521 g/mol. The minimum Gasteiger partial charge on any atom is -0.468 e. The van der Waals surface area contributed by atoms with Crippen LogP contribution < -0.4 is 0 Å². The number of allylic oxidation sites excluding steroid dienone is 4. The van der Waals surface area contributed by atoms with E-state index in [1.807, 2.05) is 6.26 Å². The quantitative estimate of drug-likeness (QED) is 0.324. The minimum absolute atomic E-state index is 0.233. The summed E-state index contributed by atoms with van der Waals surface area (Å²) < 4.78 is 5.92. The van der Waals surface area contributed by atoms with Gasteiger partial charge in [0, 0.05) is 6.42 Å². The Balaban J connectivity index is 1.27. The van der Waals surface area contributed by atoms with Crippen LogP contribution >= 0.6 is 0 Å². The number of fused-ring (bicyclic) bond motifs is 1. The molecule has 0 radical (unpaired) electrons. The summed E-state index contributed by atoms with van der Waals surface area (Å²) >= 11 is 0. The molecule has 0 aromatic carbocycles. The Kier molecular flexibility index (Phi) is 7.97. The van der Waals surface area contributed by atoms with Crippen molar-refractivity contribution < 1.29 is 19.7 Å². The highest BCUT2D eigenvalue weighted by Gasteiger charge is 2.53. The van der Waals surface area contributed by atoms with Crippen molar-refractivity contribution in [2.45, 2.75) is 115 Å². The van der Waals surface area contributed by atoms with Crippen LogP contribution in [0.4, 0.5) is 0 Å². The summed E-state index contributed by atoms with van der Waals surface area (Å²) in [5.74, 6) is 2.52. The van der Waals surface area contributed by atoms with Crippen LogP contribution in [0.5, 0.6) is 0 Å². The molecule has 0 amide bonds. The van der Waals surface area contributed by atoms with Crippen LogP contribution in [0.25, 0.3) is 0 Å². The first-order valence-electron chi connectivity index (χ1n) is 15.1. The third-order valence-electron chi connectivity index (χ3n) is 10.6. The lowest BCUT2D eigenvalue weighted by molar-refractivity contribution is 0.0862. The fraction of sp³-hybridized carbons (Fsp3) is 0.647. The topological polar surface area (TPSA) is 73.8 Å². The van der Waals surface area contributed by atoms with E-state index in [4.69, 9.17) is 4.42 Å². The summed E-state index contributed by atoms with van der Waals surface area (Å²) in [4.78, 5) is 0. The van der Waals surface area contributed by atoms with Crippen LogP contribution in [-0.4, -0.2) is 33.6 Å². The van der Waals surface area contributed by atoms with Crippen molar-refractivity contribution in [3.8, 4) is 0 Å². The van der Waals surface area contributed by atoms with Crippen molar-refractivity contribution in [2.75, 3.05) is 0 Å². The number of hydrogen-bond donors (Lipinski definition) is 3. The van der Waals surface area contributed by atoms with E-state index in [0.717, 1.165) is 49.0 Å². The molecule has 0 bridgehead atoms. The molecule has 7 atom stereocenters. The van der Waals surface area contributed by atoms with E-state index < -0.39 is 18.3 Å². The molecule has 4 nitrogen and oxygen atoms in total. The van der Waals surface area contributed by atoms with Crippen molar-refractivity contribution >= 4 is 0 Å². The van der Waals surface area contributed by atoms with Gasteiger partial charge in [-0.2, -0.15) is 0 Å². The lowest BCUT2D eigenvalue weighted by Gasteiger charge is -2.44. The molecule has 4 aliphatic rings. The Morgan fingerprint density at radius 2 is 1.95 bits per heavy atom. The molecule has 0 spiro atoms. The Morgan fingerprint density at radius 3 is 2.68 bits per heavy atom. The Labute approximate surface area is 229 Å².